The summed E-state index contributed by atoms with van der Waals surface area (Å²) in [6.45, 7) is 1.93. The van der Waals surface area contributed by atoms with Crippen molar-refractivity contribution in [2.24, 2.45) is 5.73 Å². The molecule has 0 aromatic carbocycles. The summed E-state index contributed by atoms with van der Waals surface area (Å²) in [5.74, 6) is 2.91. The summed E-state index contributed by atoms with van der Waals surface area (Å²) in [7, 11) is 0. The van der Waals surface area contributed by atoms with Crippen LogP contribution in [0.4, 0.5) is 16.4 Å². The zero-order valence-electron chi connectivity index (χ0n) is 8.72. The molecular formula is C9H13N5OS. The minimum Gasteiger partial charge on any atom is -0.351 e. The van der Waals surface area contributed by atoms with Crippen LogP contribution in [0, 0.1) is 0 Å². The number of anilines is 2. The van der Waals surface area contributed by atoms with Crippen molar-refractivity contribution in [3.05, 3.63) is 12.4 Å². The predicted octanol–water partition coefficient (Wildman–Crippen LogP) is 0.520. The van der Waals surface area contributed by atoms with E-state index in [1.54, 1.807) is 12.4 Å². The van der Waals surface area contributed by atoms with Crippen LogP contribution < -0.4 is 16.0 Å². The van der Waals surface area contributed by atoms with Crippen molar-refractivity contribution in [1.82, 2.24) is 9.97 Å². The number of rotatable bonds is 2. The second-order valence-corrected chi connectivity index (χ2v) is 4.59. The molecular weight excluding hydrogens is 226 g/mol. The summed E-state index contributed by atoms with van der Waals surface area (Å²) < 4.78 is 0. The second kappa shape index (κ2) is 5.02. The minimum atomic E-state index is -0.606. The van der Waals surface area contributed by atoms with Gasteiger partial charge < -0.3 is 16.0 Å². The van der Waals surface area contributed by atoms with Gasteiger partial charge in [0.05, 0.1) is 18.1 Å². The van der Waals surface area contributed by atoms with Crippen molar-refractivity contribution < 1.29 is 4.79 Å². The maximum atomic E-state index is 10.6. The Morgan fingerprint density at radius 1 is 1.38 bits per heavy atom. The lowest BCUT2D eigenvalue weighted by Crippen LogP contribution is -2.33. The van der Waals surface area contributed by atoms with E-state index in [0.717, 1.165) is 24.6 Å². The molecule has 1 aliphatic rings. The fourth-order valence-electron chi connectivity index (χ4n) is 1.45. The fourth-order valence-corrected chi connectivity index (χ4v) is 2.36. The van der Waals surface area contributed by atoms with Crippen molar-refractivity contribution in [3.63, 3.8) is 0 Å². The first-order chi connectivity index (χ1) is 7.75. The molecule has 0 spiro atoms. The van der Waals surface area contributed by atoms with Crippen LogP contribution >= 0.6 is 11.8 Å². The number of amides is 2. The van der Waals surface area contributed by atoms with E-state index in [4.69, 9.17) is 5.73 Å². The number of carbonyl (C=O) groups excluding carboxylic acids is 1. The van der Waals surface area contributed by atoms with Gasteiger partial charge in [0, 0.05) is 24.6 Å². The number of urea groups is 1. The smallest absolute Gasteiger partial charge is 0.316 e. The van der Waals surface area contributed by atoms with Crippen molar-refractivity contribution in [2.45, 2.75) is 0 Å². The van der Waals surface area contributed by atoms with Gasteiger partial charge in [-0.1, -0.05) is 0 Å². The molecule has 1 aromatic rings. The summed E-state index contributed by atoms with van der Waals surface area (Å²) >= 11 is 1.93. The van der Waals surface area contributed by atoms with Gasteiger partial charge in [0.15, 0.2) is 0 Å². The number of primary amides is 1. The average Bonchev–Trinajstić information content (AvgIpc) is 2.30. The number of thioether (sulfide) groups is 1. The molecule has 7 heteroatoms. The van der Waals surface area contributed by atoms with Gasteiger partial charge in [-0.3, -0.25) is 0 Å². The SMILES string of the molecule is NC(=O)Nc1cnc(N2CCSCC2)nc1. The standard InChI is InChI=1S/C9H13N5OS/c10-8(15)13-7-5-11-9(12-6-7)14-1-3-16-4-2-14/h5-6H,1-4H2,(H3,10,13,15). The van der Waals surface area contributed by atoms with Gasteiger partial charge in [-0.25, -0.2) is 14.8 Å². The van der Waals surface area contributed by atoms with Crippen LogP contribution in [0.25, 0.3) is 0 Å². The number of nitrogens with zero attached hydrogens (tertiary/aromatic N) is 3. The van der Waals surface area contributed by atoms with E-state index in [9.17, 15) is 4.79 Å². The number of aromatic nitrogens is 2. The third-order valence-corrected chi connectivity index (χ3v) is 3.14. The molecule has 2 amide bonds. The highest BCUT2D eigenvalue weighted by molar-refractivity contribution is 7.99. The van der Waals surface area contributed by atoms with E-state index in [-0.39, 0.29) is 0 Å². The highest BCUT2D eigenvalue weighted by atomic mass is 32.2. The van der Waals surface area contributed by atoms with Crippen LogP contribution in [0.1, 0.15) is 0 Å². The van der Waals surface area contributed by atoms with Crippen LogP contribution in [-0.2, 0) is 0 Å². The van der Waals surface area contributed by atoms with E-state index in [2.05, 4.69) is 20.2 Å². The fraction of sp³-hybridized carbons (Fsp3) is 0.444. The van der Waals surface area contributed by atoms with Gasteiger partial charge in [-0.05, 0) is 0 Å². The molecule has 0 unspecified atom stereocenters. The molecule has 1 saturated heterocycles. The van der Waals surface area contributed by atoms with E-state index >= 15 is 0 Å². The van der Waals surface area contributed by atoms with E-state index in [1.165, 1.54) is 0 Å². The van der Waals surface area contributed by atoms with Gasteiger partial charge >= 0.3 is 6.03 Å². The Balaban J connectivity index is 2.03. The maximum absolute atomic E-state index is 10.6. The van der Waals surface area contributed by atoms with Gasteiger partial charge in [-0.15, -0.1) is 0 Å². The van der Waals surface area contributed by atoms with Crippen molar-refractivity contribution in [2.75, 3.05) is 34.8 Å². The summed E-state index contributed by atoms with van der Waals surface area (Å²) in [6.07, 6.45) is 3.13. The van der Waals surface area contributed by atoms with Crippen molar-refractivity contribution in [3.8, 4) is 0 Å². The summed E-state index contributed by atoms with van der Waals surface area (Å²) in [4.78, 5) is 21.1. The summed E-state index contributed by atoms with van der Waals surface area (Å²) in [5.41, 5.74) is 5.50. The van der Waals surface area contributed by atoms with Crippen LogP contribution in [0.2, 0.25) is 0 Å². The molecule has 1 aromatic heterocycles. The normalized spacial score (nSPS) is 15.9. The number of nitrogens with one attached hydrogen (secondary N) is 1. The first-order valence-corrected chi connectivity index (χ1v) is 6.12. The van der Waals surface area contributed by atoms with Gasteiger partial charge in [0.1, 0.15) is 0 Å². The van der Waals surface area contributed by atoms with Crippen molar-refractivity contribution in [1.29, 1.82) is 0 Å². The molecule has 0 bridgehead atoms. The largest absolute Gasteiger partial charge is 0.351 e. The Hall–Kier alpha value is -1.50. The second-order valence-electron chi connectivity index (χ2n) is 3.36. The number of nitrogens with two attached hydrogens (primary N) is 1. The van der Waals surface area contributed by atoms with Crippen LogP contribution in [0.5, 0.6) is 0 Å². The van der Waals surface area contributed by atoms with Crippen molar-refractivity contribution >= 4 is 29.4 Å². The van der Waals surface area contributed by atoms with Crippen LogP contribution in [0.15, 0.2) is 12.4 Å². The molecule has 3 N–H and O–H groups in total. The summed E-state index contributed by atoms with van der Waals surface area (Å²) in [6, 6.07) is -0.606. The molecule has 1 fully saturated rings. The highest BCUT2D eigenvalue weighted by Crippen LogP contribution is 2.15. The van der Waals surface area contributed by atoms with E-state index < -0.39 is 6.03 Å². The molecule has 2 rings (SSSR count). The Bertz CT molecular complexity index is 363. The van der Waals surface area contributed by atoms with Crippen LogP contribution in [0.3, 0.4) is 0 Å². The lowest BCUT2D eigenvalue weighted by atomic mass is 10.5. The lowest BCUT2D eigenvalue weighted by molar-refractivity contribution is 0.259. The zero-order valence-corrected chi connectivity index (χ0v) is 9.54. The Morgan fingerprint density at radius 2 is 2.00 bits per heavy atom. The Kier molecular flexibility index (Phi) is 3.45. The number of hydrogen-bond donors (Lipinski definition) is 2. The predicted molar refractivity (Wildman–Crippen MR) is 64.8 cm³/mol. The Labute approximate surface area is 97.6 Å². The molecule has 0 saturated carbocycles. The maximum Gasteiger partial charge on any atom is 0.316 e. The quantitative estimate of drug-likeness (QED) is 0.786. The molecule has 86 valence electrons. The first kappa shape index (κ1) is 11.0. The molecule has 2 heterocycles. The van der Waals surface area contributed by atoms with Gasteiger partial charge in [-0.2, -0.15) is 11.8 Å². The molecule has 16 heavy (non-hydrogen) atoms. The monoisotopic (exact) mass is 239 g/mol. The molecule has 0 radical (unpaired) electrons. The first-order valence-electron chi connectivity index (χ1n) is 4.97. The topological polar surface area (TPSA) is 84.1 Å². The minimum absolute atomic E-state index is 0.516. The third kappa shape index (κ3) is 2.75. The Morgan fingerprint density at radius 3 is 2.56 bits per heavy atom. The van der Waals surface area contributed by atoms with Gasteiger partial charge in [0.25, 0.3) is 0 Å². The average molecular weight is 239 g/mol. The molecule has 1 aliphatic heterocycles. The van der Waals surface area contributed by atoms with Gasteiger partial charge in [0.2, 0.25) is 5.95 Å². The third-order valence-electron chi connectivity index (χ3n) is 2.20. The highest BCUT2D eigenvalue weighted by Gasteiger charge is 2.13. The number of carbonyl (C=O) groups is 1. The van der Waals surface area contributed by atoms with Crippen LogP contribution in [-0.4, -0.2) is 40.6 Å². The van der Waals surface area contributed by atoms with E-state index in [1.807, 2.05) is 11.8 Å². The van der Waals surface area contributed by atoms with E-state index in [0.29, 0.717) is 11.6 Å². The molecule has 0 atom stereocenters. The lowest BCUT2D eigenvalue weighted by Gasteiger charge is -2.26. The molecule has 6 nitrogen and oxygen atoms in total. The number of hydrogen-bond acceptors (Lipinski definition) is 5. The molecule has 0 aliphatic carbocycles. The summed E-state index contributed by atoms with van der Waals surface area (Å²) in [5, 5.41) is 2.43. The zero-order chi connectivity index (χ0) is 11.4.